The van der Waals surface area contributed by atoms with E-state index in [1.165, 1.54) is 11.1 Å². The van der Waals surface area contributed by atoms with Crippen LogP contribution >= 0.6 is 0 Å². The molecule has 1 aromatic rings. The number of likely N-dealkylation sites (N-methyl/N-ethyl adjacent to an activating group) is 1. The van der Waals surface area contributed by atoms with Crippen molar-refractivity contribution in [3.63, 3.8) is 0 Å². The minimum absolute atomic E-state index is 0.705. The molecule has 0 aliphatic rings. The van der Waals surface area contributed by atoms with Gasteiger partial charge in [-0.3, -0.25) is 4.90 Å². The molecule has 0 amide bonds. The van der Waals surface area contributed by atoms with Crippen molar-refractivity contribution in [3.05, 3.63) is 42.0 Å². The van der Waals surface area contributed by atoms with Crippen LogP contribution in [-0.4, -0.2) is 38.2 Å². The van der Waals surface area contributed by atoms with Crippen LogP contribution in [0.3, 0.4) is 0 Å². The van der Waals surface area contributed by atoms with Gasteiger partial charge >= 0.3 is 0 Å². The molecule has 0 radical (unpaired) electrons. The summed E-state index contributed by atoms with van der Waals surface area (Å²) in [6.45, 7) is 12.5. The SMILES string of the molecule is C=C(C)CN(C)CCOc1ccc(CNCC)cc1. The lowest BCUT2D eigenvalue weighted by molar-refractivity contribution is 0.247. The summed E-state index contributed by atoms with van der Waals surface area (Å²) in [7, 11) is 2.08. The molecular formula is C16H26N2O. The molecule has 3 heteroatoms. The van der Waals surface area contributed by atoms with E-state index in [0.717, 1.165) is 31.9 Å². The van der Waals surface area contributed by atoms with Gasteiger partial charge in [-0.25, -0.2) is 0 Å². The molecule has 1 N–H and O–H groups in total. The van der Waals surface area contributed by atoms with Crippen molar-refractivity contribution < 1.29 is 4.74 Å². The van der Waals surface area contributed by atoms with Crippen LogP contribution in [0.5, 0.6) is 5.75 Å². The van der Waals surface area contributed by atoms with Gasteiger partial charge in [-0.1, -0.05) is 31.2 Å². The van der Waals surface area contributed by atoms with Crippen LogP contribution in [0.25, 0.3) is 0 Å². The summed E-state index contributed by atoms with van der Waals surface area (Å²) in [6.07, 6.45) is 0. The van der Waals surface area contributed by atoms with Crippen molar-refractivity contribution in [2.24, 2.45) is 0 Å². The molecule has 0 saturated carbocycles. The number of hydrogen-bond acceptors (Lipinski definition) is 3. The molecule has 0 spiro atoms. The minimum Gasteiger partial charge on any atom is -0.492 e. The molecule has 0 aliphatic heterocycles. The van der Waals surface area contributed by atoms with Gasteiger partial charge in [0.1, 0.15) is 12.4 Å². The van der Waals surface area contributed by atoms with Crippen LogP contribution in [0.1, 0.15) is 19.4 Å². The number of ether oxygens (including phenoxy) is 1. The van der Waals surface area contributed by atoms with Crippen LogP contribution in [0.4, 0.5) is 0 Å². The zero-order valence-electron chi connectivity index (χ0n) is 12.4. The molecule has 0 fully saturated rings. The smallest absolute Gasteiger partial charge is 0.119 e. The van der Waals surface area contributed by atoms with Crippen LogP contribution in [0.2, 0.25) is 0 Å². The van der Waals surface area contributed by atoms with E-state index in [1.54, 1.807) is 0 Å². The second kappa shape index (κ2) is 8.73. The first kappa shape index (κ1) is 15.7. The molecule has 106 valence electrons. The Labute approximate surface area is 117 Å². The Balaban J connectivity index is 2.27. The number of hydrogen-bond donors (Lipinski definition) is 1. The lowest BCUT2D eigenvalue weighted by Gasteiger charge is -2.16. The van der Waals surface area contributed by atoms with E-state index in [1.807, 2.05) is 19.1 Å². The highest BCUT2D eigenvalue weighted by Crippen LogP contribution is 2.12. The molecular weight excluding hydrogens is 236 g/mol. The molecule has 0 unspecified atom stereocenters. The first-order valence-corrected chi connectivity index (χ1v) is 6.87. The molecule has 19 heavy (non-hydrogen) atoms. The summed E-state index contributed by atoms with van der Waals surface area (Å²) in [5.74, 6) is 0.934. The first-order chi connectivity index (χ1) is 9.11. The summed E-state index contributed by atoms with van der Waals surface area (Å²) < 4.78 is 5.73. The van der Waals surface area contributed by atoms with E-state index in [0.29, 0.717) is 6.61 Å². The third-order valence-electron chi connectivity index (χ3n) is 2.78. The Hall–Kier alpha value is -1.32. The largest absolute Gasteiger partial charge is 0.492 e. The maximum absolute atomic E-state index is 5.73. The molecule has 1 aromatic carbocycles. The van der Waals surface area contributed by atoms with E-state index in [-0.39, 0.29) is 0 Å². The van der Waals surface area contributed by atoms with Gasteiger partial charge in [0.15, 0.2) is 0 Å². The molecule has 0 saturated heterocycles. The second-order valence-electron chi connectivity index (χ2n) is 4.97. The van der Waals surface area contributed by atoms with Gasteiger partial charge < -0.3 is 10.1 Å². The maximum Gasteiger partial charge on any atom is 0.119 e. The molecule has 0 atom stereocenters. The normalized spacial score (nSPS) is 10.7. The zero-order valence-corrected chi connectivity index (χ0v) is 12.4. The van der Waals surface area contributed by atoms with E-state index in [4.69, 9.17) is 4.74 Å². The topological polar surface area (TPSA) is 24.5 Å². The Bertz CT molecular complexity index is 373. The summed E-state index contributed by atoms with van der Waals surface area (Å²) in [5, 5.41) is 3.30. The van der Waals surface area contributed by atoms with E-state index in [2.05, 4.69) is 42.9 Å². The van der Waals surface area contributed by atoms with Crippen molar-refractivity contribution in [1.29, 1.82) is 0 Å². The molecule has 1 rings (SSSR count). The third kappa shape index (κ3) is 6.99. The van der Waals surface area contributed by atoms with Gasteiger partial charge in [0.25, 0.3) is 0 Å². The molecule has 0 bridgehead atoms. The van der Waals surface area contributed by atoms with Gasteiger partial charge in [0.2, 0.25) is 0 Å². The Morgan fingerprint density at radius 3 is 2.58 bits per heavy atom. The zero-order chi connectivity index (χ0) is 14.1. The quantitative estimate of drug-likeness (QED) is 0.693. The molecule has 0 heterocycles. The minimum atomic E-state index is 0.705. The fourth-order valence-corrected chi connectivity index (χ4v) is 1.83. The summed E-state index contributed by atoms with van der Waals surface area (Å²) >= 11 is 0. The fourth-order valence-electron chi connectivity index (χ4n) is 1.83. The first-order valence-electron chi connectivity index (χ1n) is 6.87. The Morgan fingerprint density at radius 1 is 1.32 bits per heavy atom. The van der Waals surface area contributed by atoms with E-state index in [9.17, 15) is 0 Å². The highest BCUT2D eigenvalue weighted by atomic mass is 16.5. The summed E-state index contributed by atoms with van der Waals surface area (Å²) in [4.78, 5) is 2.21. The van der Waals surface area contributed by atoms with Crippen molar-refractivity contribution in [2.75, 3.05) is 33.3 Å². The highest BCUT2D eigenvalue weighted by Gasteiger charge is 1.99. The summed E-state index contributed by atoms with van der Waals surface area (Å²) in [6, 6.07) is 8.28. The second-order valence-corrected chi connectivity index (χ2v) is 4.97. The van der Waals surface area contributed by atoms with E-state index < -0.39 is 0 Å². The number of benzene rings is 1. The molecule has 3 nitrogen and oxygen atoms in total. The van der Waals surface area contributed by atoms with Crippen LogP contribution in [-0.2, 0) is 6.54 Å². The predicted octanol–water partition coefficient (Wildman–Crippen LogP) is 2.68. The Kier molecular flexibility index (Phi) is 7.23. The lowest BCUT2D eigenvalue weighted by Crippen LogP contribution is -2.25. The Morgan fingerprint density at radius 2 is 2.00 bits per heavy atom. The number of rotatable bonds is 9. The average molecular weight is 262 g/mol. The van der Waals surface area contributed by atoms with Gasteiger partial charge in [0.05, 0.1) is 0 Å². The molecule has 0 aromatic heterocycles. The highest BCUT2D eigenvalue weighted by molar-refractivity contribution is 5.27. The monoisotopic (exact) mass is 262 g/mol. The number of nitrogens with one attached hydrogen (secondary N) is 1. The standard InChI is InChI=1S/C16H26N2O/c1-5-17-12-15-6-8-16(9-7-15)19-11-10-18(4)13-14(2)3/h6-9,17H,2,5,10-13H2,1,3-4H3. The molecule has 0 aliphatic carbocycles. The average Bonchev–Trinajstić information content (AvgIpc) is 2.37. The maximum atomic E-state index is 5.73. The van der Waals surface area contributed by atoms with Crippen LogP contribution < -0.4 is 10.1 Å². The van der Waals surface area contributed by atoms with Crippen LogP contribution in [0.15, 0.2) is 36.4 Å². The van der Waals surface area contributed by atoms with Gasteiger partial charge in [-0.2, -0.15) is 0 Å². The van der Waals surface area contributed by atoms with Crippen LogP contribution in [0, 0.1) is 0 Å². The predicted molar refractivity (Wildman–Crippen MR) is 81.6 cm³/mol. The van der Waals surface area contributed by atoms with Gasteiger partial charge in [0, 0.05) is 19.6 Å². The number of nitrogens with zero attached hydrogens (tertiary/aromatic N) is 1. The lowest BCUT2D eigenvalue weighted by atomic mass is 10.2. The van der Waals surface area contributed by atoms with Gasteiger partial charge in [-0.15, -0.1) is 0 Å². The van der Waals surface area contributed by atoms with E-state index >= 15 is 0 Å². The van der Waals surface area contributed by atoms with Crippen molar-refractivity contribution in [3.8, 4) is 5.75 Å². The van der Waals surface area contributed by atoms with Crippen molar-refractivity contribution in [2.45, 2.75) is 20.4 Å². The fraction of sp³-hybridized carbons (Fsp3) is 0.500. The van der Waals surface area contributed by atoms with Gasteiger partial charge in [-0.05, 0) is 38.2 Å². The summed E-state index contributed by atoms with van der Waals surface area (Å²) in [5.41, 5.74) is 2.46. The van der Waals surface area contributed by atoms with Crippen molar-refractivity contribution in [1.82, 2.24) is 10.2 Å². The third-order valence-corrected chi connectivity index (χ3v) is 2.78. The van der Waals surface area contributed by atoms with Crippen molar-refractivity contribution >= 4 is 0 Å².